The third-order valence-corrected chi connectivity index (χ3v) is 3.25. The highest BCUT2D eigenvalue weighted by Crippen LogP contribution is 2.06. The summed E-state index contributed by atoms with van der Waals surface area (Å²) in [7, 11) is 0. The van der Waals surface area contributed by atoms with Crippen molar-refractivity contribution in [1.82, 2.24) is 9.55 Å². The van der Waals surface area contributed by atoms with Crippen LogP contribution in [0.2, 0.25) is 0 Å². The van der Waals surface area contributed by atoms with Crippen molar-refractivity contribution in [2.75, 3.05) is 6.61 Å². The standard InChI is InChI=1S/C13H16N2O2S/c16-9-5-1-4-8-15-12(17)10-6-2-3-7-11(10)14-13(15)18/h2-3,6-7,16H,1,4-5,8-9H2,(H,14,18). The normalized spacial score (nSPS) is 10.9. The lowest BCUT2D eigenvalue weighted by molar-refractivity contribution is 0.281. The summed E-state index contributed by atoms with van der Waals surface area (Å²) in [5.74, 6) is 0. The first kappa shape index (κ1) is 13.0. The van der Waals surface area contributed by atoms with Crippen LogP contribution in [0.1, 0.15) is 19.3 Å². The van der Waals surface area contributed by atoms with Crippen molar-refractivity contribution in [3.63, 3.8) is 0 Å². The summed E-state index contributed by atoms with van der Waals surface area (Å²) >= 11 is 5.20. The number of nitrogens with zero attached hydrogens (tertiary/aromatic N) is 1. The molecule has 0 aliphatic carbocycles. The van der Waals surface area contributed by atoms with Crippen LogP contribution in [0.3, 0.4) is 0 Å². The third-order valence-electron chi connectivity index (χ3n) is 2.93. The van der Waals surface area contributed by atoms with Crippen LogP contribution in [-0.4, -0.2) is 21.3 Å². The first-order valence-electron chi connectivity index (χ1n) is 6.07. The highest BCUT2D eigenvalue weighted by atomic mass is 32.1. The van der Waals surface area contributed by atoms with Crippen molar-refractivity contribution in [3.05, 3.63) is 39.4 Å². The van der Waals surface area contributed by atoms with E-state index in [1.54, 1.807) is 10.6 Å². The van der Waals surface area contributed by atoms with Gasteiger partial charge >= 0.3 is 0 Å². The van der Waals surface area contributed by atoms with Gasteiger partial charge in [0, 0.05) is 13.2 Å². The number of aromatic amines is 1. The van der Waals surface area contributed by atoms with Crippen LogP contribution in [0.15, 0.2) is 29.1 Å². The molecule has 96 valence electrons. The van der Waals surface area contributed by atoms with Gasteiger partial charge in [0.15, 0.2) is 4.77 Å². The molecule has 0 aliphatic heterocycles. The Kier molecular flexibility index (Phi) is 4.28. The maximum Gasteiger partial charge on any atom is 0.262 e. The van der Waals surface area contributed by atoms with Crippen LogP contribution < -0.4 is 5.56 Å². The van der Waals surface area contributed by atoms with Crippen molar-refractivity contribution in [3.8, 4) is 0 Å². The summed E-state index contributed by atoms with van der Waals surface area (Å²) in [6, 6.07) is 7.37. The van der Waals surface area contributed by atoms with Crippen LogP contribution in [0.5, 0.6) is 0 Å². The van der Waals surface area contributed by atoms with Gasteiger partial charge in [0.2, 0.25) is 0 Å². The average Bonchev–Trinajstić information content (AvgIpc) is 2.38. The smallest absolute Gasteiger partial charge is 0.262 e. The zero-order chi connectivity index (χ0) is 13.0. The van der Waals surface area contributed by atoms with Gasteiger partial charge in [-0.05, 0) is 43.6 Å². The fraction of sp³-hybridized carbons (Fsp3) is 0.385. The van der Waals surface area contributed by atoms with Gasteiger partial charge in [-0.3, -0.25) is 9.36 Å². The number of aromatic nitrogens is 2. The molecule has 0 bridgehead atoms. The van der Waals surface area contributed by atoms with Gasteiger partial charge in [-0.15, -0.1) is 0 Å². The molecule has 0 radical (unpaired) electrons. The zero-order valence-corrected chi connectivity index (χ0v) is 10.9. The van der Waals surface area contributed by atoms with Gasteiger partial charge < -0.3 is 10.1 Å². The van der Waals surface area contributed by atoms with Crippen molar-refractivity contribution in [2.45, 2.75) is 25.8 Å². The molecule has 1 heterocycles. The highest BCUT2D eigenvalue weighted by Gasteiger charge is 2.04. The number of rotatable bonds is 5. The summed E-state index contributed by atoms with van der Waals surface area (Å²) < 4.78 is 2.05. The molecule has 0 atom stereocenters. The first-order valence-corrected chi connectivity index (χ1v) is 6.47. The van der Waals surface area contributed by atoms with Gasteiger partial charge in [0.25, 0.3) is 5.56 Å². The Morgan fingerprint density at radius 2 is 2.00 bits per heavy atom. The van der Waals surface area contributed by atoms with Gasteiger partial charge in [-0.25, -0.2) is 0 Å². The topological polar surface area (TPSA) is 58.0 Å². The van der Waals surface area contributed by atoms with Gasteiger partial charge in [-0.1, -0.05) is 12.1 Å². The molecule has 2 aromatic rings. The molecular weight excluding hydrogens is 248 g/mol. The number of benzene rings is 1. The highest BCUT2D eigenvalue weighted by molar-refractivity contribution is 7.71. The predicted octanol–water partition coefficient (Wildman–Crippen LogP) is 2.22. The molecule has 0 saturated carbocycles. The van der Waals surface area contributed by atoms with E-state index in [0.717, 1.165) is 24.8 Å². The van der Waals surface area contributed by atoms with Gasteiger partial charge in [-0.2, -0.15) is 0 Å². The fourth-order valence-corrected chi connectivity index (χ4v) is 2.24. The Bertz CT molecular complexity index is 645. The summed E-state index contributed by atoms with van der Waals surface area (Å²) in [5.41, 5.74) is 0.734. The summed E-state index contributed by atoms with van der Waals surface area (Å²) in [4.78, 5) is 15.3. The van der Waals surface area contributed by atoms with E-state index in [-0.39, 0.29) is 12.2 Å². The van der Waals surface area contributed by atoms with E-state index in [4.69, 9.17) is 17.3 Å². The average molecular weight is 264 g/mol. The van der Waals surface area contributed by atoms with E-state index in [2.05, 4.69) is 4.98 Å². The molecule has 0 saturated heterocycles. The van der Waals surface area contributed by atoms with Crippen LogP contribution >= 0.6 is 12.2 Å². The Morgan fingerprint density at radius 1 is 1.22 bits per heavy atom. The van der Waals surface area contributed by atoms with E-state index in [9.17, 15) is 4.79 Å². The number of H-pyrrole nitrogens is 1. The molecule has 0 spiro atoms. The van der Waals surface area contributed by atoms with E-state index >= 15 is 0 Å². The summed E-state index contributed by atoms with van der Waals surface area (Å²) in [5, 5.41) is 9.38. The number of fused-ring (bicyclic) bond motifs is 1. The van der Waals surface area contributed by atoms with Crippen LogP contribution in [0.4, 0.5) is 0 Å². The number of nitrogens with one attached hydrogen (secondary N) is 1. The first-order chi connectivity index (χ1) is 8.74. The second-order valence-corrected chi connectivity index (χ2v) is 4.60. The van der Waals surface area contributed by atoms with Gasteiger partial charge in [0.1, 0.15) is 0 Å². The Hall–Kier alpha value is -1.46. The second-order valence-electron chi connectivity index (χ2n) is 4.22. The lowest BCUT2D eigenvalue weighted by Gasteiger charge is -2.07. The maximum atomic E-state index is 12.2. The predicted molar refractivity (Wildman–Crippen MR) is 74.3 cm³/mol. The number of hydrogen-bond acceptors (Lipinski definition) is 3. The summed E-state index contributed by atoms with van der Waals surface area (Å²) in [6.07, 6.45) is 2.50. The Morgan fingerprint density at radius 3 is 2.78 bits per heavy atom. The van der Waals surface area contributed by atoms with E-state index in [1.165, 1.54) is 0 Å². The molecular formula is C13H16N2O2S. The molecule has 0 aliphatic rings. The van der Waals surface area contributed by atoms with Crippen molar-refractivity contribution in [1.29, 1.82) is 0 Å². The molecule has 2 N–H and O–H groups in total. The molecule has 0 amide bonds. The van der Waals surface area contributed by atoms with E-state index < -0.39 is 0 Å². The maximum absolute atomic E-state index is 12.2. The minimum atomic E-state index is -0.0432. The van der Waals surface area contributed by atoms with E-state index in [1.807, 2.05) is 18.2 Å². The van der Waals surface area contributed by atoms with Crippen molar-refractivity contribution >= 4 is 23.1 Å². The summed E-state index contributed by atoms with van der Waals surface area (Å²) in [6.45, 7) is 0.790. The lowest BCUT2D eigenvalue weighted by Crippen LogP contribution is -2.22. The number of hydrogen-bond donors (Lipinski definition) is 2. The van der Waals surface area contributed by atoms with E-state index in [0.29, 0.717) is 16.7 Å². The molecule has 1 aromatic carbocycles. The molecule has 2 rings (SSSR count). The van der Waals surface area contributed by atoms with Crippen LogP contribution in [0, 0.1) is 4.77 Å². The molecule has 5 heteroatoms. The zero-order valence-electron chi connectivity index (χ0n) is 10.1. The third kappa shape index (κ3) is 2.68. The lowest BCUT2D eigenvalue weighted by atomic mass is 10.2. The molecule has 18 heavy (non-hydrogen) atoms. The minimum absolute atomic E-state index is 0.0432. The number of aliphatic hydroxyl groups is 1. The van der Waals surface area contributed by atoms with Crippen LogP contribution in [-0.2, 0) is 6.54 Å². The number of unbranched alkanes of at least 4 members (excludes halogenated alkanes) is 2. The number of aliphatic hydroxyl groups excluding tert-OH is 1. The van der Waals surface area contributed by atoms with Gasteiger partial charge in [0.05, 0.1) is 10.9 Å². The SMILES string of the molecule is O=c1c2ccccc2[nH]c(=S)n1CCCCCO. The Balaban J connectivity index is 2.33. The van der Waals surface area contributed by atoms with Crippen LogP contribution in [0.25, 0.3) is 10.9 Å². The minimum Gasteiger partial charge on any atom is -0.396 e. The molecule has 1 aromatic heterocycles. The van der Waals surface area contributed by atoms with Crippen molar-refractivity contribution in [2.24, 2.45) is 0 Å². The largest absolute Gasteiger partial charge is 0.396 e. The Labute approximate surface area is 110 Å². The monoisotopic (exact) mass is 264 g/mol. The quantitative estimate of drug-likeness (QED) is 0.643. The molecule has 0 fully saturated rings. The fourth-order valence-electron chi connectivity index (χ4n) is 1.96. The molecule has 0 unspecified atom stereocenters. The second kappa shape index (κ2) is 5.93. The number of para-hydroxylation sites is 1. The van der Waals surface area contributed by atoms with Crippen molar-refractivity contribution < 1.29 is 5.11 Å². The molecule has 4 nitrogen and oxygen atoms in total.